The Bertz CT molecular complexity index is 370. The fraction of sp³-hybridized carbons (Fsp3) is 0.583. The number of ether oxygens (including phenoxy) is 3. The van der Waals surface area contributed by atoms with E-state index < -0.39 is 17.9 Å². The maximum Gasteiger partial charge on any atom is 0.334 e. The van der Waals surface area contributed by atoms with Crippen LogP contribution in [0.2, 0.25) is 0 Å². The zero-order valence-electron chi connectivity index (χ0n) is 11.2. The Labute approximate surface area is 111 Å². The minimum Gasteiger partial charge on any atom is -0.469 e. The Morgan fingerprint density at radius 2 is 1.42 bits per heavy atom. The van der Waals surface area contributed by atoms with Crippen molar-refractivity contribution in [3.63, 3.8) is 0 Å². The molecule has 19 heavy (non-hydrogen) atoms. The van der Waals surface area contributed by atoms with Gasteiger partial charge in [0.05, 0.1) is 33.3 Å². The SMILES string of the molecule is COC(=O)C/C(C(=O)OC)=C(\CCCO)C(=O)OC. The van der Waals surface area contributed by atoms with Gasteiger partial charge in [-0.2, -0.15) is 0 Å². The van der Waals surface area contributed by atoms with Crippen molar-refractivity contribution < 1.29 is 33.7 Å². The Hall–Kier alpha value is -1.89. The number of methoxy groups -OCH3 is 3. The molecule has 108 valence electrons. The maximum atomic E-state index is 11.6. The lowest BCUT2D eigenvalue weighted by Crippen LogP contribution is -2.18. The van der Waals surface area contributed by atoms with Crippen LogP contribution in [0.3, 0.4) is 0 Å². The summed E-state index contributed by atoms with van der Waals surface area (Å²) in [6.45, 7) is -0.160. The quantitative estimate of drug-likeness (QED) is 0.395. The van der Waals surface area contributed by atoms with Gasteiger partial charge in [-0.15, -0.1) is 0 Å². The van der Waals surface area contributed by atoms with Crippen LogP contribution >= 0.6 is 0 Å². The van der Waals surface area contributed by atoms with Gasteiger partial charge in [0.2, 0.25) is 0 Å². The molecule has 0 aromatic carbocycles. The van der Waals surface area contributed by atoms with Crippen molar-refractivity contribution in [3.05, 3.63) is 11.1 Å². The summed E-state index contributed by atoms with van der Waals surface area (Å²) in [5, 5.41) is 8.79. The molecule has 0 bridgehead atoms. The van der Waals surface area contributed by atoms with Gasteiger partial charge in [-0.25, -0.2) is 9.59 Å². The van der Waals surface area contributed by atoms with E-state index in [1.807, 2.05) is 0 Å². The summed E-state index contributed by atoms with van der Waals surface area (Å²) in [4.78, 5) is 34.5. The minimum atomic E-state index is -0.802. The zero-order chi connectivity index (χ0) is 14.8. The molecule has 0 aliphatic carbocycles. The molecule has 0 unspecified atom stereocenters. The second-order valence-corrected chi connectivity index (χ2v) is 3.52. The summed E-state index contributed by atoms with van der Waals surface area (Å²) in [6, 6.07) is 0. The molecule has 0 saturated heterocycles. The highest BCUT2D eigenvalue weighted by Crippen LogP contribution is 2.18. The molecule has 0 radical (unpaired) electrons. The first-order valence-electron chi connectivity index (χ1n) is 5.58. The normalized spacial score (nSPS) is 11.4. The Morgan fingerprint density at radius 1 is 0.895 bits per heavy atom. The number of carbonyl (C=O) groups is 3. The van der Waals surface area contributed by atoms with Gasteiger partial charge >= 0.3 is 17.9 Å². The first-order chi connectivity index (χ1) is 9.01. The highest BCUT2D eigenvalue weighted by atomic mass is 16.5. The van der Waals surface area contributed by atoms with E-state index in [9.17, 15) is 14.4 Å². The van der Waals surface area contributed by atoms with Crippen molar-refractivity contribution in [1.29, 1.82) is 0 Å². The van der Waals surface area contributed by atoms with Gasteiger partial charge in [0, 0.05) is 12.2 Å². The molecule has 1 N–H and O–H groups in total. The van der Waals surface area contributed by atoms with Crippen LogP contribution in [0.5, 0.6) is 0 Å². The fourth-order valence-corrected chi connectivity index (χ4v) is 1.40. The Balaban J connectivity index is 5.46. The molecule has 0 amide bonds. The topological polar surface area (TPSA) is 99.1 Å². The van der Waals surface area contributed by atoms with Crippen molar-refractivity contribution in [2.24, 2.45) is 0 Å². The van der Waals surface area contributed by atoms with E-state index in [1.165, 1.54) is 7.11 Å². The highest BCUT2D eigenvalue weighted by molar-refractivity contribution is 6.03. The van der Waals surface area contributed by atoms with Crippen LogP contribution < -0.4 is 0 Å². The molecule has 0 atom stereocenters. The van der Waals surface area contributed by atoms with Gasteiger partial charge in [0.25, 0.3) is 0 Å². The van der Waals surface area contributed by atoms with Gasteiger partial charge in [0.1, 0.15) is 0 Å². The molecule has 0 heterocycles. The molecule has 0 aromatic rings. The molecule has 0 rings (SSSR count). The van der Waals surface area contributed by atoms with Crippen LogP contribution in [0.15, 0.2) is 11.1 Å². The van der Waals surface area contributed by atoms with Gasteiger partial charge in [-0.05, 0) is 12.8 Å². The summed E-state index contributed by atoms with van der Waals surface area (Å²) in [7, 11) is 3.47. The lowest BCUT2D eigenvalue weighted by atomic mass is 10.0. The second-order valence-electron chi connectivity index (χ2n) is 3.52. The monoisotopic (exact) mass is 274 g/mol. The molecule has 0 saturated carbocycles. The van der Waals surface area contributed by atoms with Crippen LogP contribution in [0.1, 0.15) is 19.3 Å². The van der Waals surface area contributed by atoms with Crippen molar-refractivity contribution >= 4 is 17.9 Å². The van der Waals surface area contributed by atoms with Gasteiger partial charge < -0.3 is 19.3 Å². The largest absolute Gasteiger partial charge is 0.469 e. The van der Waals surface area contributed by atoms with E-state index >= 15 is 0 Å². The van der Waals surface area contributed by atoms with Crippen LogP contribution in [-0.4, -0.2) is 51.0 Å². The molecule has 7 heteroatoms. The van der Waals surface area contributed by atoms with Crippen molar-refractivity contribution in [3.8, 4) is 0 Å². The average molecular weight is 274 g/mol. The zero-order valence-corrected chi connectivity index (χ0v) is 11.2. The van der Waals surface area contributed by atoms with Gasteiger partial charge in [-0.3, -0.25) is 4.79 Å². The third-order valence-electron chi connectivity index (χ3n) is 2.36. The van der Waals surface area contributed by atoms with Crippen LogP contribution in [0.25, 0.3) is 0 Å². The first-order valence-corrected chi connectivity index (χ1v) is 5.58. The molecule has 7 nitrogen and oxygen atoms in total. The number of aliphatic hydroxyl groups is 1. The van der Waals surface area contributed by atoms with E-state index in [0.29, 0.717) is 0 Å². The standard InChI is InChI=1S/C12H18O7/c1-17-10(14)7-9(12(16)19-3)8(5-4-6-13)11(15)18-2/h13H,4-7H2,1-3H3/b9-8-. The van der Waals surface area contributed by atoms with Crippen LogP contribution in [-0.2, 0) is 28.6 Å². The third kappa shape index (κ3) is 5.52. The predicted molar refractivity (Wildman–Crippen MR) is 64.0 cm³/mol. The number of rotatable bonds is 7. The van der Waals surface area contributed by atoms with Crippen LogP contribution in [0.4, 0.5) is 0 Å². The molecule has 0 fully saturated rings. The van der Waals surface area contributed by atoms with E-state index in [2.05, 4.69) is 14.2 Å². The molecular weight excluding hydrogens is 256 g/mol. The molecule has 0 aliphatic rings. The molecule has 0 aromatic heterocycles. The summed E-state index contributed by atoms with van der Waals surface area (Å²) >= 11 is 0. The van der Waals surface area contributed by atoms with Crippen molar-refractivity contribution in [2.75, 3.05) is 27.9 Å². The van der Waals surface area contributed by atoms with E-state index in [4.69, 9.17) is 5.11 Å². The number of aliphatic hydroxyl groups excluding tert-OH is 1. The van der Waals surface area contributed by atoms with Gasteiger partial charge in [-0.1, -0.05) is 0 Å². The van der Waals surface area contributed by atoms with Crippen molar-refractivity contribution in [1.82, 2.24) is 0 Å². The highest BCUT2D eigenvalue weighted by Gasteiger charge is 2.24. The average Bonchev–Trinajstić information content (AvgIpc) is 2.44. The Kier molecular flexibility index (Phi) is 8.19. The summed E-state index contributed by atoms with van der Waals surface area (Å²) < 4.78 is 13.6. The molecule has 0 spiro atoms. The second kappa shape index (κ2) is 9.09. The maximum absolute atomic E-state index is 11.6. The Morgan fingerprint density at radius 3 is 1.84 bits per heavy atom. The fourth-order valence-electron chi connectivity index (χ4n) is 1.40. The van der Waals surface area contributed by atoms with E-state index in [1.54, 1.807) is 0 Å². The van der Waals surface area contributed by atoms with Crippen molar-refractivity contribution in [2.45, 2.75) is 19.3 Å². The summed E-state index contributed by atoms with van der Waals surface area (Å²) in [5.74, 6) is -2.22. The lowest BCUT2D eigenvalue weighted by molar-refractivity contribution is -0.143. The smallest absolute Gasteiger partial charge is 0.334 e. The molecule has 0 aliphatic heterocycles. The first kappa shape index (κ1) is 17.1. The third-order valence-corrected chi connectivity index (χ3v) is 2.36. The van der Waals surface area contributed by atoms with Gasteiger partial charge in [0.15, 0.2) is 0 Å². The number of carbonyl (C=O) groups excluding carboxylic acids is 3. The number of hydrogen-bond acceptors (Lipinski definition) is 7. The predicted octanol–water partition coefficient (Wildman–Crippen LogP) is -0.0354. The number of hydrogen-bond donors (Lipinski definition) is 1. The minimum absolute atomic E-state index is 0.00815. The number of esters is 3. The van der Waals surface area contributed by atoms with E-state index in [0.717, 1.165) is 14.2 Å². The summed E-state index contributed by atoms with van der Waals surface area (Å²) in [6.07, 6.45) is -0.0320. The lowest BCUT2D eigenvalue weighted by Gasteiger charge is -2.11. The van der Waals surface area contributed by atoms with E-state index in [-0.39, 0.29) is 37.0 Å². The van der Waals surface area contributed by atoms with Crippen LogP contribution in [0, 0.1) is 0 Å². The molecular formula is C12H18O7. The summed E-state index contributed by atoms with van der Waals surface area (Å²) in [5.41, 5.74) is -0.108.